The number of benzene rings is 2. The number of nitrogens with zero attached hydrogens (tertiary/aromatic N) is 10. The fourth-order valence-corrected chi connectivity index (χ4v) is 9.75. The largest absolute Gasteiger partial charge is 0.494 e. The predicted molar refractivity (Wildman–Crippen MR) is 232 cm³/mol. The summed E-state index contributed by atoms with van der Waals surface area (Å²) in [5.41, 5.74) is 5.78. The number of aryl methyl sites for hydroxylation is 1. The second-order valence-electron chi connectivity index (χ2n) is 15.4. The second kappa shape index (κ2) is 17.1. The van der Waals surface area contributed by atoms with Crippen LogP contribution in [0.1, 0.15) is 30.5 Å². The number of methoxy groups -OCH3 is 1. The van der Waals surface area contributed by atoms with E-state index in [2.05, 4.69) is 90.8 Å². The van der Waals surface area contributed by atoms with Crippen LogP contribution in [0, 0.1) is 6.92 Å². The number of aromatic nitrogens is 6. The number of nitrogens with one attached hydrogen (secondary N) is 3. The number of anilines is 6. The average molecular weight is 885 g/mol. The monoisotopic (exact) mass is 883 g/mol. The number of imide groups is 1. The van der Waals surface area contributed by atoms with Crippen molar-refractivity contribution in [1.29, 1.82) is 0 Å². The van der Waals surface area contributed by atoms with Gasteiger partial charge in [0.15, 0.2) is 5.82 Å². The lowest BCUT2D eigenvalue weighted by molar-refractivity contribution is -0.120. The van der Waals surface area contributed by atoms with Gasteiger partial charge in [-0.05, 0) is 84.9 Å². The Morgan fingerprint density at radius 1 is 0.915 bits per heavy atom. The number of rotatable bonds is 11. The number of amides is 3. The number of fused-ring (bicyclic) bond motifs is 1. The summed E-state index contributed by atoms with van der Waals surface area (Å²) in [4.78, 5) is 50.8. The third-order valence-corrected chi connectivity index (χ3v) is 13.2. The van der Waals surface area contributed by atoms with E-state index in [0.717, 1.165) is 74.7 Å². The first kappa shape index (κ1) is 40.5. The summed E-state index contributed by atoms with van der Waals surface area (Å²) in [7, 11) is -1.10. The molecule has 0 atom stereocenters. The lowest BCUT2D eigenvalue weighted by Crippen LogP contribution is -2.53. The zero-order valence-electron chi connectivity index (χ0n) is 33.5. The Bertz CT molecular complexity index is 2420. The number of hydrogen-bond donors (Lipinski definition) is 3. The van der Waals surface area contributed by atoms with E-state index >= 15 is 0 Å². The minimum absolute atomic E-state index is 0.251. The van der Waals surface area contributed by atoms with Gasteiger partial charge in [0, 0.05) is 95.2 Å². The van der Waals surface area contributed by atoms with Crippen molar-refractivity contribution in [3.63, 3.8) is 0 Å². The maximum atomic E-state index is 13.5. The Labute approximate surface area is 350 Å². The highest BCUT2D eigenvalue weighted by atomic mass is 79.9. The highest BCUT2D eigenvalue weighted by molar-refractivity contribution is 9.10. The summed E-state index contributed by atoms with van der Waals surface area (Å²) in [5, 5.41) is 18.3. The van der Waals surface area contributed by atoms with Crippen molar-refractivity contribution in [2.45, 2.75) is 38.8 Å². The van der Waals surface area contributed by atoms with E-state index in [9.17, 15) is 14.2 Å². The molecule has 0 aliphatic carbocycles. The third kappa shape index (κ3) is 9.00. The van der Waals surface area contributed by atoms with E-state index in [1.165, 1.54) is 4.90 Å². The van der Waals surface area contributed by atoms with E-state index in [0.29, 0.717) is 69.0 Å². The van der Waals surface area contributed by atoms with Crippen LogP contribution in [0.25, 0.3) is 11.0 Å². The summed E-state index contributed by atoms with van der Waals surface area (Å²) in [6.07, 6.45) is 7.30. The number of ether oxygens (including phenoxy) is 1. The molecule has 0 unspecified atom stereocenters. The fraction of sp³-hybridized carbons (Fsp3) is 0.400. The quantitative estimate of drug-likeness (QED) is 0.146. The van der Waals surface area contributed by atoms with Crippen LogP contribution in [0.15, 0.2) is 59.5 Å². The van der Waals surface area contributed by atoms with Gasteiger partial charge in [-0.1, -0.05) is 0 Å². The lowest BCUT2D eigenvalue weighted by Gasteiger charge is -2.43. The molecular formula is C40H47BrN13O4P. The molecule has 59 heavy (non-hydrogen) atoms. The first-order chi connectivity index (χ1) is 28.4. The molecule has 3 aromatic heterocycles. The molecule has 6 heterocycles. The van der Waals surface area contributed by atoms with Crippen molar-refractivity contribution >= 4 is 86.0 Å². The first-order valence-corrected chi connectivity index (χ1v) is 23.0. The molecule has 0 radical (unpaired) electrons. The zero-order valence-corrected chi connectivity index (χ0v) is 36.0. The van der Waals surface area contributed by atoms with Crippen LogP contribution in [0.4, 0.5) is 39.4 Å². The van der Waals surface area contributed by atoms with E-state index in [1.54, 1.807) is 45.1 Å². The van der Waals surface area contributed by atoms with Crippen molar-refractivity contribution < 1.29 is 18.9 Å². The lowest BCUT2D eigenvalue weighted by atomic mass is 10.0. The van der Waals surface area contributed by atoms with E-state index in [1.807, 2.05) is 18.2 Å². The van der Waals surface area contributed by atoms with Crippen LogP contribution < -0.4 is 35.8 Å². The van der Waals surface area contributed by atoms with Crippen LogP contribution in [0.3, 0.4) is 0 Å². The molecule has 0 saturated carbocycles. The average Bonchev–Trinajstić information content (AvgIpc) is 3.22. The van der Waals surface area contributed by atoms with Crippen LogP contribution in [0.5, 0.6) is 5.75 Å². The van der Waals surface area contributed by atoms with Gasteiger partial charge >= 0.3 is 6.03 Å². The number of hydrogen-bond acceptors (Lipinski definition) is 15. The zero-order chi connectivity index (χ0) is 41.3. The van der Waals surface area contributed by atoms with Crippen LogP contribution in [-0.4, -0.2) is 124 Å². The maximum absolute atomic E-state index is 13.5. The van der Waals surface area contributed by atoms with Gasteiger partial charge in [-0.3, -0.25) is 34.8 Å². The van der Waals surface area contributed by atoms with Crippen molar-refractivity contribution in [3.8, 4) is 5.75 Å². The first-order valence-electron chi connectivity index (χ1n) is 19.6. The van der Waals surface area contributed by atoms with Crippen molar-refractivity contribution in [3.05, 3.63) is 70.7 Å². The number of piperazine rings is 1. The topological polar surface area (TPSA) is 187 Å². The van der Waals surface area contributed by atoms with Gasteiger partial charge in [-0.2, -0.15) is 10.1 Å². The Kier molecular flexibility index (Phi) is 11.8. The molecule has 3 N–H and O–H groups in total. The van der Waals surface area contributed by atoms with Crippen LogP contribution >= 0.6 is 23.1 Å². The van der Waals surface area contributed by atoms with E-state index in [-0.39, 0.29) is 12.3 Å². The predicted octanol–water partition coefficient (Wildman–Crippen LogP) is 5.26. The molecule has 0 bridgehead atoms. The van der Waals surface area contributed by atoms with Gasteiger partial charge < -0.3 is 24.8 Å². The third-order valence-electron chi connectivity index (χ3n) is 11.1. The summed E-state index contributed by atoms with van der Waals surface area (Å²) < 4.78 is 20.0. The Morgan fingerprint density at radius 2 is 1.69 bits per heavy atom. The number of piperidine rings is 1. The summed E-state index contributed by atoms with van der Waals surface area (Å²) >= 11 is 3.58. The van der Waals surface area contributed by atoms with E-state index < -0.39 is 13.2 Å². The highest BCUT2D eigenvalue weighted by Gasteiger charge is 2.30. The number of halogens is 1. The Morgan fingerprint density at radius 3 is 2.41 bits per heavy atom. The SMILES string of the molecule is COc1cc(N2CCC(N3CCN(Cc4ccc(N5CCC(=O)NC5=O)nn4)CC3)CC2)c(C)cc1Nc1ncc(Br)c(Nc2ccc3nccnc3c2P(C)(C)=O)n1. The van der Waals surface area contributed by atoms with Gasteiger partial charge in [0.2, 0.25) is 11.9 Å². The smallest absolute Gasteiger partial charge is 0.329 e. The molecule has 5 aromatic rings. The van der Waals surface area contributed by atoms with Gasteiger partial charge in [0.05, 0.1) is 39.5 Å². The Balaban J connectivity index is 0.867. The molecule has 8 rings (SSSR count). The standard InChI is InChI=1S/C40H47BrN13O4P/c1-25-21-31(46-39-44-23-28(41)38(48-39)45-30-7-6-29-36(43-13-12-42-29)37(30)59(3,4)57)33(58-2)22-32(25)53-14-9-27(10-15-53)52-19-17-51(18-20-52)24-26-5-8-34(50-49-26)54-16-11-35(55)47-40(54)56/h5-8,12-13,21-23,27H,9-11,14-20,24H2,1-4H3,(H,47,55,56)(H2,44,45,46,48). The molecular weight excluding hydrogens is 837 g/mol. The van der Waals surface area contributed by atoms with Gasteiger partial charge in [0.1, 0.15) is 24.2 Å². The second-order valence-corrected chi connectivity index (χ2v) is 19.4. The van der Waals surface area contributed by atoms with E-state index in [4.69, 9.17) is 9.72 Å². The molecule has 0 spiro atoms. The minimum atomic E-state index is -2.77. The van der Waals surface area contributed by atoms with Gasteiger partial charge in [-0.25, -0.2) is 9.78 Å². The fourth-order valence-electron chi connectivity index (χ4n) is 8.07. The minimum Gasteiger partial charge on any atom is -0.494 e. The number of carbonyl (C=O) groups excluding carboxylic acids is 2. The summed E-state index contributed by atoms with van der Waals surface area (Å²) in [6.45, 7) is 12.3. The molecule has 3 aliphatic heterocycles. The molecule has 3 fully saturated rings. The van der Waals surface area contributed by atoms with Gasteiger partial charge in [-0.15, -0.1) is 5.10 Å². The highest BCUT2D eigenvalue weighted by Crippen LogP contribution is 2.42. The number of urea groups is 1. The van der Waals surface area contributed by atoms with Crippen LogP contribution in [-0.2, 0) is 15.9 Å². The Hall–Kier alpha value is -5.29. The van der Waals surface area contributed by atoms with Crippen molar-refractivity contribution in [1.82, 2.24) is 45.2 Å². The molecule has 308 valence electrons. The molecule has 17 nitrogen and oxygen atoms in total. The summed E-state index contributed by atoms with van der Waals surface area (Å²) in [6, 6.07) is 11.7. The van der Waals surface area contributed by atoms with Crippen molar-refractivity contribution in [2.75, 3.05) is 86.7 Å². The molecule has 3 saturated heterocycles. The molecule has 19 heteroatoms. The normalized spacial score (nSPS) is 17.3. The molecule has 3 aliphatic rings. The molecule has 2 aromatic carbocycles. The maximum Gasteiger partial charge on any atom is 0.329 e. The molecule has 3 amide bonds. The summed E-state index contributed by atoms with van der Waals surface area (Å²) in [5.74, 6) is 1.74. The van der Waals surface area contributed by atoms with Crippen LogP contribution in [0.2, 0.25) is 0 Å². The van der Waals surface area contributed by atoms with Crippen molar-refractivity contribution in [2.24, 2.45) is 0 Å². The number of carbonyl (C=O) groups is 2. The van der Waals surface area contributed by atoms with Gasteiger partial charge in [0.25, 0.3) is 0 Å².